The van der Waals surface area contributed by atoms with E-state index in [4.69, 9.17) is 23.2 Å². The molecule has 0 atom stereocenters. The van der Waals surface area contributed by atoms with Gasteiger partial charge < -0.3 is 0 Å². The molecule has 0 saturated carbocycles. The van der Waals surface area contributed by atoms with E-state index in [0.717, 1.165) is 17.4 Å². The van der Waals surface area contributed by atoms with Crippen molar-refractivity contribution < 1.29 is 4.79 Å². The molecule has 0 aliphatic heterocycles. The Morgan fingerprint density at radius 1 is 1.19 bits per heavy atom. The monoisotopic (exact) mass is 270 g/mol. The molecule has 0 unspecified atom stereocenters. The molecule has 1 aromatic carbocycles. The highest BCUT2D eigenvalue weighted by molar-refractivity contribution is 7.17. The van der Waals surface area contributed by atoms with E-state index < -0.39 is 0 Å². The first-order chi connectivity index (χ1) is 7.70. The Balaban J connectivity index is 2.33. The third kappa shape index (κ3) is 2.46. The lowest BCUT2D eigenvalue weighted by Gasteiger charge is -2.02. The van der Waals surface area contributed by atoms with Crippen LogP contribution in [-0.2, 0) is 6.42 Å². The quantitative estimate of drug-likeness (QED) is 0.753. The summed E-state index contributed by atoms with van der Waals surface area (Å²) in [5, 5.41) is 0.710. The highest BCUT2D eigenvalue weighted by atomic mass is 35.5. The van der Waals surface area contributed by atoms with E-state index in [-0.39, 0.29) is 0 Å². The Morgan fingerprint density at radius 2 is 1.94 bits per heavy atom. The minimum atomic E-state index is 0.629. The minimum Gasteiger partial charge on any atom is -0.297 e. The van der Waals surface area contributed by atoms with Gasteiger partial charge in [0.2, 0.25) is 0 Å². The van der Waals surface area contributed by atoms with Crippen molar-refractivity contribution in [1.29, 1.82) is 0 Å². The topological polar surface area (TPSA) is 17.1 Å². The second-order valence-electron chi connectivity index (χ2n) is 3.33. The van der Waals surface area contributed by atoms with Crippen molar-refractivity contribution in [3.05, 3.63) is 55.7 Å². The second kappa shape index (κ2) is 5.00. The number of thiophene rings is 1. The van der Waals surface area contributed by atoms with Crippen molar-refractivity contribution in [2.75, 3.05) is 0 Å². The number of aldehydes is 1. The molecule has 0 aliphatic carbocycles. The van der Waals surface area contributed by atoms with E-state index in [2.05, 4.69) is 0 Å². The van der Waals surface area contributed by atoms with Crippen LogP contribution in [0.4, 0.5) is 0 Å². The maximum Gasteiger partial charge on any atom is 0.160 e. The molecular formula is C12H8Cl2OS. The maximum atomic E-state index is 10.8. The molecule has 0 radical (unpaired) electrons. The third-order valence-electron chi connectivity index (χ3n) is 2.26. The molecule has 1 nitrogen and oxygen atoms in total. The summed E-state index contributed by atoms with van der Waals surface area (Å²) in [6, 6.07) is 9.41. The second-order valence-corrected chi connectivity index (χ2v) is 5.45. The van der Waals surface area contributed by atoms with Crippen LogP contribution in [-0.4, -0.2) is 6.29 Å². The predicted molar refractivity (Wildman–Crippen MR) is 69.0 cm³/mol. The van der Waals surface area contributed by atoms with Crippen LogP contribution in [0.1, 0.15) is 20.8 Å². The van der Waals surface area contributed by atoms with Gasteiger partial charge in [-0.3, -0.25) is 4.79 Å². The van der Waals surface area contributed by atoms with Crippen molar-refractivity contribution >= 4 is 40.8 Å². The van der Waals surface area contributed by atoms with Crippen molar-refractivity contribution in [3.63, 3.8) is 0 Å². The van der Waals surface area contributed by atoms with Gasteiger partial charge >= 0.3 is 0 Å². The van der Waals surface area contributed by atoms with Gasteiger partial charge in [0.1, 0.15) is 0 Å². The molecule has 2 rings (SSSR count). The van der Waals surface area contributed by atoms with Crippen LogP contribution in [0.3, 0.4) is 0 Å². The molecule has 0 saturated heterocycles. The number of hydrogen-bond acceptors (Lipinski definition) is 2. The predicted octanol–water partition coefficient (Wildman–Crippen LogP) is 4.46. The van der Waals surface area contributed by atoms with Gasteiger partial charge in [-0.15, -0.1) is 11.3 Å². The van der Waals surface area contributed by atoms with Crippen molar-refractivity contribution in [3.8, 4) is 0 Å². The summed E-state index contributed by atoms with van der Waals surface area (Å²) in [6.45, 7) is 0. The Morgan fingerprint density at radius 3 is 2.62 bits per heavy atom. The van der Waals surface area contributed by atoms with E-state index in [1.807, 2.05) is 30.3 Å². The molecule has 82 valence electrons. The van der Waals surface area contributed by atoms with E-state index >= 15 is 0 Å². The lowest BCUT2D eigenvalue weighted by atomic mass is 10.1. The van der Waals surface area contributed by atoms with Gasteiger partial charge in [0, 0.05) is 11.4 Å². The van der Waals surface area contributed by atoms with Crippen LogP contribution in [0.15, 0.2) is 30.3 Å². The lowest BCUT2D eigenvalue weighted by molar-refractivity contribution is 0.112. The van der Waals surface area contributed by atoms with Crippen LogP contribution >= 0.6 is 34.5 Å². The Labute approximate surface area is 108 Å². The largest absolute Gasteiger partial charge is 0.297 e. The van der Waals surface area contributed by atoms with Crippen LogP contribution in [0.2, 0.25) is 9.36 Å². The molecule has 1 aromatic heterocycles. The number of halogens is 2. The standard InChI is InChI=1S/C12H8Cl2OS/c13-10-4-2-1-3-8(10)5-9-6-12(14)16-11(9)7-15/h1-4,6-7H,5H2. The maximum absolute atomic E-state index is 10.8. The SMILES string of the molecule is O=Cc1sc(Cl)cc1Cc1ccccc1Cl. The molecule has 0 N–H and O–H groups in total. The normalized spacial score (nSPS) is 10.4. The van der Waals surface area contributed by atoms with Gasteiger partial charge in [-0.2, -0.15) is 0 Å². The van der Waals surface area contributed by atoms with Gasteiger partial charge in [0.15, 0.2) is 6.29 Å². The summed E-state index contributed by atoms with van der Waals surface area (Å²) in [7, 11) is 0. The highest BCUT2D eigenvalue weighted by Gasteiger charge is 2.09. The van der Waals surface area contributed by atoms with Crippen LogP contribution in [0, 0.1) is 0 Å². The van der Waals surface area contributed by atoms with Crippen LogP contribution in [0.5, 0.6) is 0 Å². The zero-order valence-corrected chi connectivity index (χ0v) is 10.6. The molecule has 2 aromatic rings. The number of rotatable bonds is 3. The van der Waals surface area contributed by atoms with Crippen molar-refractivity contribution in [2.24, 2.45) is 0 Å². The Hall–Kier alpha value is -0.830. The summed E-state index contributed by atoms with van der Waals surface area (Å²) in [4.78, 5) is 11.5. The summed E-state index contributed by atoms with van der Waals surface area (Å²) in [5.74, 6) is 0. The van der Waals surface area contributed by atoms with E-state index in [9.17, 15) is 4.79 Å². The zero-order chi connectivity index (χ0) is 11.5. The fourth-order valence-electron chi connectivity index (χ4n) is 1.49. The number of carbonyl (C=O) groups excluding carboxylic acids is 1. The van der Waals surface area contributed by atoms with E-state index in [1.54, 1.807) is 0 Å². The lowest BCUT2D eigenvalue weighted by Crippen LogP contribution is -1.90. The molecule has 0 bridgehead atoms. The van der Waals surface area contributed by atoms with E-state index in [0.29, 0.717) is 20.7 Å². The molecular weight excluding hydrogens is 263 g/mol. The summed E-state index contributed by atoms with van der Waals surface area (Å²) < 4.78 is 0.629. The Kier molecular flexibility index (Phi) is 3.64. The number of benzene rings is 1. The summed E-state index contributed by atoms with van der Waals surface area (Å²) >= 11 is 13.2. The van der Waals surface area contributed by atoms with Crippen LogP contribution < -0.4 is 0 Å². The summed E-state index contributed by atoms with van der Waals surface area (Å²) in [6.07, 6.45) is 1.47. The smallest absolute Gasteiger partial charge is 0.160 e. The fraction of sp³-hybridized carbons (Fsp3) is 0.0833. The highest BCUT2D eigenvalue weighted by Crippen LogP contribution is 2.28. The summed E-state index contributed by atoms with van der Waals surface area (Å²) in [5.41, 5.74) is 1.93. The number of carbonyl (C=O) groups is 1. The van der Waals surface area contributed by atoms with Gasteiger partial charge in [-0.1, -0.05) is 41.4 Å². The first-order valence-corrected chi connectivity index (χ1v) is 6.24. The minimum absolute atomic E-state index is 0.629. The van der Waals surface area contributed by atoms with Crippen LogP contribution in [0.25, 0.3) is 0 Å². The molecule has 0 aliphatic rings. The van der Waals surface area contributed by atoms with Gasteiger partial charge in [0.25, 0.3) is 0 Å². The molecule has 4 heteroatoms. The van der Waals surface area contributed by atoms with Crippen molar-refractivity contribution in [2.45, 2.75) is 6.42 Å². The van der Waals surface area contributed by atoms with Crippen molar-refractivity contribution in [1.82, 2.24) is 0 Å². The van der Waals surface area contributed by atoms with Gasteiger partial charge in [-0.05, 0) is 23.3 Å². The average molecular weight is 271 g/mol. The molecule has 0 fully saturated rings. The average Bonchev–Trinajstić information content (AvgIpc) is 2.62. The third-order valence-corrected chi connectivity index (χ3v) is 3.86. The molecule has 16 heavy (non-hydrogen) atoms. The molecule has 0 spiro atoms. The number of hydrogen-bond donors (Lipinski definition) is 0. The van der Waals surface area contributed by atoms with Gasteiger partial charge in [0.05, 0.1) is 9.21 Å². The zero-order valence-electron chi connectivity index (χ0n) is 8.24. The first-order valence-electron chi connectivity index (χ1n) is 4.67. The molecule has 1 heterocycles. The molecule has 0 amide bonds. The Bertz CT molecular complexity index is 519. The van der Waals surface area contributed by atoms with Gasteiger partial charge in [-0.25, -0.2) is 0 Å². The first kappa shape index (κ1) is 11.6. The fourth-order valence-corrected chi connectivity index (χ4v) is 2.80. The van der Waals surface area contributed by atoms with E-state index in [1.165, 1.54) is 11.3 Å².